The molecule has 8 nitrogen and oxygen atoms in total. The molecular formula is C10H13ClNO7P. The highest BCUT2D eigenvalue weighted by molar-refractivity contribution is 7.53. The number of nitrogens with one attached hydrogen (secondary N) is 1. The molecule has 1 rings (SSSR count). The minimum atomic E-state index is -4.56. The zero-order chi connectivity index (χ0) is 15.2. The number of esters is 1. The molecule has 0 heterocycles. The Bertz CT molecular complexity index is 512. The molecule has 0 amide bonds. The van der Waals surface area contributed by atoms with Crippen LogP contribution in [0.1, 0.15) is 0 Å². The largest absolute Gasteiger partial charge is 0.468 e. The fraction of sp³-hybridized carbons (Fsp3) is 0.300. The van der Waals surface area contributed by atoms with E-state index in [4.69, 9.17) is 11.6 Å². The lowest BCUT2D eigenvalue weighted by Crippen LogP contribution is -2.34. The molecule has 1 aromatic carbocycles. The van der Waals surface area contributed by atoms with Gasteiger partial charge in [0.1, 0.15) is 0 Å². The predicted octanol–water partition coefficient (Wildman–Crippen LogP) is 0.874. The number of aliphatic hydroxyl groups excluding tert-OH is 1. The van der Waals surface area contributed by atoms with Crippen molar-refractivity contribution >= 4 is 25.2 Å². The van der Waals surface area contributed by atoms with Crippen LogP contribution in [0.25, 0.3) is 0 Å². The van der Waals surface area contributed by atoms with Crippen molar-refractivity contribution in [2.45, 2.75) is 5.97 Å². The number of ether oxygens (including phenoxy) is 1. The van der Waals surface area contributed by atoms with Gasteiger partial charge in [0.2, 0.25) is 5.97 Å². The molecular weight excluding hydrogens is 313 g/mol. The van der Waals surface area contributed by atoms with Crippen LogP contribution in [0, 0.1) is 0 Å². The molecule has 0 bridgehead atoms. The molecule has 1 aromatic rings. The van der Waals surface area contributed by atoms with Crippen molar-refractivity contribution in [3.05, 3.63) is 29.3 Å². The van der Waals surface area contributed by atoms with Gasteiger partial charge in [0.05, 0.1) is 13.7 Å². The van der Waals surface area contributed by atoms with Crippen molar-refractivity contribution < 1.29 is 33.7 Å². The zero-order valence-electron chi connectivity index (χ0n) is 10.4. The summed E-state index contributed by atoms with van der Waals surface area (Å²) in [6.45, 7) is -0.470. The lowest BCUT2D eigenvalue weighted by molar-refractivity contribution is -0.140. The fourth-order valence-electron chi connectivity index (χ4n) is 1.02. The molecule has 0 aliphatic heterocycles. The van der Waals surface area contributed by atoms with Crippen molar-refractivity contribution in [2.24, 2.45) is 0 Å². The Morgan fingerprint density at radius 1 is 1.55 bits per heavy atom. The van der Waals surface area contributed by atoms with Gasteiger partial charge in [0.15, 0.2) is 5.75 Å². The van der Waals surface area contributed by atoms with Gasteiger partial charge in [-0.15, -0.1) is 0 Å². The predicted molar refractivity (Wildman–Crippen MR) is 69.0 cm³/mol. The van der Waals surface area contributed by atoms with Crippen molar-refractivity contribution in [1.29, 1.82) is 0 Å². The van der Waals surface area contributed by atoms with Crippen LogP contribution in [0.5, 0.6) is 5.75 Å². The molecule has 20 heavy (non-hydrogen) atoms. The summed E-state index contributed by atoms with van der Waals surface area (Å²) in [6.07, 6.45) is 0. The summed E-state index contributed by atoms with van der Waals surface area (Å²) >= 11 is 5.68. The van der Waals surface area contributed by atoms with Crippen LogP contribution in [0.2, 0.25) is 5.02 Å². The molecule has 0 aromatic heterocycles. The molecule has 112 valence electrons. The van der Waals surface area contributed by atoms with Crippen molar-refractivity contribution in [1.82, 2.24) is 5.32 Å². The van der Waals surface area contributed by atoms with Crippen LogP contribution >= 0.6 is 19.2 Å². The molecule has 0 saturated heterocycles. The number of methoxy groups -OCH3 is 1. The van der Waals surface area contributed by atoms with E-state index in [2.05, 4.69) is 19.6 Å². The quantitative estimate of drug-likeness (QED) is 0.222. The van der Waals surface area contributed by atoms with E-state index in [0.717, 1.165) is 7.11 Å². The molecule has 0 radical (unpaired) electrons. The van der Waals surface area contributed by atoms with Gasteiger partial charge in [-0.2, -0.15) is 0 Å². The first-order chi connectivity index (χ1) is 9.35. The Kier molecular flexibility index (Phi) is 6.41. The van der Waals surface area contributed by atoms with Crippen molar-refractivity contribution in [3.8, 4) is 5.75 Å². The lowest BCUT2D eigenvalue weighted by Gasteiger charge is -2.17. The maximum Gasteiger partial charge on any atom is 0.408 e. The average molecular weight is 326 g/mol. The number of hydrogen-bond donors (Lipinski definition) is 3. The van der Waals surface area contributed by atoms with Crippen LogP contribution < -0.4 is 10.2 Å². The van der Waals surface area contributed by atoms with E-state index in [0.29, 0.717) is 5.02 Å². The second-order valence-corrected chi connectivity index (χ2v) is 5.71. The first-order valence-electron chi connectivity index (χ1n) is 5.27. The number of benzene rings is 1. The van der Waals surface area contributed by atoms with Gasteiger partial charge in [0.25, 0.3) is 0 Å². The van der Waals surface area contributed by atoms with Crippen LogP contribution in [0.3, 0.4) is 0 Å². The normalized spacial score (nSPS) is 15.2. The van der Waals surface area contributed by atoms with Crippen LogP contribution in [-0.2, 0) is 18.8 Å². The van der Waals surface area contributed by atoms with E-state index in [1.54, 1.807) is 6.07 Å². The second kappa shape index (κ2) is 7.58. The number of rotatable bonds is 7. The second-order valence-electron chi connectivity index (χ2n) is 3.51. The van der Waals surface area contributed by atoms with Gasteiger partial charge in [-0.05, 0) is 12.1 Å². The van der Waals surface area contributed by atoms with Crippen LogP contribution in [0.15, 0.2) is 24.3 Å². The monoisotopic (exact) mass is 325 g/mol. The van der Waals surface area contributed by atoms with E-state index in [-0.39, 0.29) is 5.75 Å². The Balaban J connectivity index is 2.52. The first kappa shape index (κ1) is 16.9. The van der Waals surface area contributed by atoms with Gasteiger partial charge in [0, 0.05) is 11.1 Å². The molecule has 3 N–H and O–H groups in total. The number of carbonyl (C=O) groups is 1. The minimum absolute atomic E-state index is 0.0759. The smallest absolute Gasteiger partial charge is 0.408 e. The Morgan fingerprint density at radius 2 is 2.25 bits per heavy atom. The molecule has 2 unspecified atom stereocenters. The summed E-state index contributed by atoms with van der Waals surface area (Å²) in [5.74, 6) is -2.66. The number of aliphatic hydroxyl groups is 1. The van der Waals surface area contributed by atoms with E-state index in [1.165, 1.54) is 18.2 Å². The summed E-state index contributed by atoms with van der Waals surface area (Å²) in [5, 5.41) is 11.8. The number of halogens is 1. The van der Waals surface area contributed by atoms with Gasteiger partial charge in [-0.1, -0.05) is 22.3 Å². The summed E-state index contributed by atoms with van der Waals surface area (Å²) in [5.41, 5.74) is 0. The maximum atomic E-state index is 11.6. The summed E-state index contributed by atoms with van der Waals surface area (Å²) in [6, 6.07) is 5.88. The minimum Gasteiger partial charge on any atom is -0.468 e. The molecule has 0 aliphatic carbocycles. The van der Waals surface area contributed by atoms with E-state index in [1.807, 2.05) is 0 Å². The molecule has 0 saturated carbocycles. The third-order valence-electron chi connectivity index (χ3n) is 2.00. The number of carbonyl (C=O) groups excluding carboxylic acids is 1. The number of hydrogen-bond acceptors (Lipinski definition) is 7. The third-order valence-corrected chi connectivity index (χ3v) is 3.33. The topological polar surface area (TPSA) is 114 Å². The summed E-state index contributed by atoms with van der Waals surface area (Å²) in [7, 11) is -3.43. The van der Waals surface area contributed by atoms with E-state index in [9.17, 15) is 19.4 Å². The Morgan fingerprint density at radius 3 is 2.85 bits per heavy atom. The first-order valence-corrected chi connectivity index (χ1v) is 7.30. The van der Waals surface area contributed by atoms with Crippen molar-refractivity contribution in [2.75, 3.05) is 13.7 Å². The molecule has 10 heteroatoms. The van der Waals surface area contributed by atoms with E-state index < -0.39 is 26.1 Å². The highest BCUT2D eigenvalue weighted by Crippen LogP contribution is 2.45. The van der Waals surface area contributed by atoms with Gasteiger partial charge >= 0.3 is 13.6 Å². The van der Waals surface area contributed by atoms with Gasteiger partial charge < -0.3 is 19.6 Å². The van der Waals surface area contributed by atoms with Gasteiger partial charge in [-0.3, -0.25) is 14.7 Å². The summed E-state index contributed by atoms with van der Waals surface area (Å²) < 4.78 is 20.2. The van der Waals surface area contributed by atoms with Gasteiger partial charge in [-0.25, -0.2) is 0 Å². The van der Waals surface area contributed by atoms with Crippen LogP contribution in [-0.4, -0.2) is 35.6 Å². The third kappa shape index (κ3) is 5.46. The highest BCUT2D eigenvalue weighted by Gasteiger charge is 2.33. The zero-order valence-corrected chi connectivity index (χ0v) is 12.0. The lowest BCUT2D eigenvalue weighted by atomic mass is 10.3. The average Bonchev–Trinajstić information content (AvgIpc) is 2.42. The highest BCUT2D eigenvalue weighted by atomic mass is 35.5. The molecule has 2 atom stereocenters. The summed E-state index contributed by atoms with van der Waals surface area (Å²) in [4.78, 5) is 24.8. The Labute approximate surface area is 119 Å². The fourth-order valence-corrected chi connectivity index (χ4v) is 1.79. The standard InChI is InChI=1S/C10H13ClNO7P/c1-17-9(13)6-12-10(14)20(15,16)19-18-8-4-2-3-7(11)5-8/h2-5,10,12,14H,6H2,1H3,(H,15,16). The maximum absolute atomic E-state index is 11.6. The Hall–Kier alpha value is -1.15. The SMILES string of the molecule is COC(=O)CNC(O)P(=O)(O)OOc1cccc(Cl)c1. The molecule has 0 fully saturated rings. The van der Waals surface area contributed by atoms with Crippen molar-refractivity contribution in [3.63, 3.8) is 0 Å². The van der Waals surface area contributed by atoms with E-state index >= 15 is 0 Å². The molecule has 0 spiro atoms. The van der Waals surface area contributed by atoms with Crippen LogP contribution in [0.4, 0.5) is 0 Å². The molecule has 0 aliphatic rings.